The fraction of sp³-hybridized carbons (Fsp3) is 0.154. The summed E-state index contributed by atoms with van der Waals surface area (Å²) in [7, 11) is 0. The second kappa shape index (κ2) is 12.9. The third-order valence-corrected chi connectivity index (χ3v) is 5.80. The SMILES string of the molecule is N#Cc1cccc(NC(=O)CSc2ccccc2C(=O)OCC(=O)NCCc2ccc(F)cc2)c1. The van der Waals surface area contributed by atoms with Gasteiger partial charge in [-0.3, -0.25) is 9.59 Å². The molecule has 3 aromatic rings. The zero-order valence-electron chi connectivity index (χ0n) is 18.6. The number of ether oxygens (including phenoxy) is 1. The topological polar surface area (TPSA) is 108 Å². The number of hydrogen-bond donors (Lipinski definition) is 2. The second-order valence-corrected chi connectivity index (χ2v) is 8.35. The number of amides is 2. The largest absolute Gasteiger partial charge is 0.452 e. The van der Waals surface area contributed by atoms with Crippen LogP contribution in [-0.2, 0) is 20.7 Å². The van der Waals surface area contributed by atoms with E-state index in [1.54, 1.807) is 60.7 Å². The summed E-state index contributed by atoms with van der Waals surface area (Å²) in [5.41, 5.74) is 2.06. The van der Waals surface area contributed by atoms with Crippen LogP contribution in [0.25, 0.3) is 0 Å². The van der Waals surface area contributed by atoms with Gasteiger partial charge in [-0.25, -0.2) is 9.18 Å². The molecule has 0 spiro atoms. The second-order valence-electron chi connectivity index (χ2n) is 7.33. The van der Waals surface area contributed by atoms with Gasteiger partial charge in [-0.2, -0.15) is 5.26 Å². The van der Waals surface area contributed by atoms with Gasteiger partial charge in [-0.1, -0.05) is 30.3 Å². The van der Waals surface area contributed by atoms with Gasteiger partial charge in [-0.15, -0.1) is 11.8 Å². The Kier molecular flexibility index (Phi) is 9.39. The number of carbonyl (C=O) groups excluding carboxylic acids is 3. The van der Waals surface area contributed by atoms with Crippen molar-refractivity contribution in [2.45, 2.75) is 11.3 Å². The Hall–Kier alpha value is -4.16. The van der Waals surface area contributed by atoms with Crippen molar-refractivity contribution in [1.82, 2.24) is 5.32 Å². The number of nitrogens with zero attached hydrogens (tertiary/aromatic N) is 1. The molecular weight excluding hydrogens is 469 g/mol. The lowest BCUT2D eigenvalue weighted by molar-refractivity contribution is -0.124. The van der Waals surface area contributed by atoms with Crippen LogP contribution in [0.15, 0.2) is 77.7 Å². The first-order chi connectivity index (χ1) is 16.9. The number of halogens is 1. The van der Waals surface area contributed by atoms with Crippen molar-refractivity contribution in [2.75, 3.05) is 24.2 Å². The maximum absolute atomic E-state index is 12.9. The highest BCUT2D eigenvalue weighted by atomic mass is 32.2. The van der Waals surface area contributed by atoms with E-state index >= 15 is 0 Å². The minimum Gasteiger partial charge on any atom is -0.452 e. The van der Waals surface area contributed by atoms with Crippen molar-refractivity contribution in [1.29, 1.82) is 5.26 Å². The molecule has 0 bridgehead atoms. The average molecular weight is 492 g/mol. The molecule has 0 atom stereocenters. The van der Waals surface area contributed by atoms with Crippen LogP contribution in [-0.4, -0.2) is 36.7 Å². The lowest BCUT2D eigenvalue weighted by Gasteiger charge is -2.10. The molecule has 0 aliphatic carbocycles. The molecular formula is C26H22FN3O4S. The maximum atomic E-state index is 12.9. The number of thioether (sulfide) groups is 1. The summed E-state index contributed by atoms with van der Waals surface area (Å²) in [5, 5.41) is 14.3. The number of esters is 1. The van der Waals surface area contributed by atoms with Crippen LogP contribution < -0.4 is 10.6 Å². The molecule has 2 amide bonds. The molecule has 178 valence electrons. The number of carbonyl (C=O) groups is 3. The molecule has 7 nitrogen and oxygen atoms in total. The van der Waals surface area contributed by atoms with E-state index in [1.165, 1.54) is 12.1 Å². The fourth-order valence-corrected chi connectivity index (χ4v) is 3.87. The van der Waals surface area contributed by atoms with Gasteiger partial charge in [0.15, 0.2) is 6.61 Å². The van der Waals surface area contributed by atoms with E-state index in [2.05, 4.69) is 10.6 Å². The van der Waals surface area contributed by atoms with Crippen LogP contribution in [0.2, 0.25) is 0 Å². The van der Waals surface area contributed by atoms with Crippen molar-refractivity contribution in [3.8, 4) is 6.07 Å². The minimum atomic E-state index is -0.677. The van der Waals surface area contributed by atoms with E-state index in [4.69, 9.17) is 10.00 Å². The summed E-state index contributed by atoms with van der Waals surface area (Å²) in [6, 6.07) is 21.2. The van der Waals surface area contributed by atoms with E-state index in [0.717, 1.165) is 17.3 Å². The molecule has 0 aliphatic rings. The lowest BCUT2D eigenvalue weighted by Crippen LogP contribution is -2.30. The van der Waals surface area contributed by atoms with E-state index in [-0.39, 0.29) is 23.0 Å². The van der Waals surface area contributed by atoms with Gasteiger partial charge in [0.2, 0.25) is 5.91 Å². The molecule has 35 heavy (non-hydrogen) atoms. The summed E-state index contributed by atoms with van der Waals surface area (Å²) < 4.78 is 18.1. The molecule has 0 saturated carbocycles. The molecule has 3 aromatic carbocycles. The predicted octanol–water partition coefficient (Wildman–Crippen LogP) is 3.94. The molecule has 9 heteroatoms. The maximum Gasteiger partial charge on any atom is 0.339 e. The van der Waals surface area contributed by atoms with Crippen molar-refractivity contribution in [3.05, 3.63) is 95.3 Å². The molecule has 0 heterocycles. The van der Waals surface area contributed by atoms with Gasteiger partial charge >= 0.3 is 5.97 Å². The summed E-state index contributed by atoms with van der Waals surface area (Å²) >= 11 is 1.15. The van der Waals surface area contributed by atoms with Gasteiger partial charge < -0.3 is 15.4 Å². The Morgan fingerprint density at radius 1 is 0.971 bits per heavy atom. The Bertz CT molecular complexity index is 1240. The summed E-state index contributed by atoms with van der Waals surface area (Å²) in [4.78, 5) is 37.4. The number of benzene rings is 3. The fourth-order valence-electron chi connectivity index (χ4n) is 3.03. The smallest absolute Gasteiger partial charge is 0.339 e. The number of nitrogens with one attached hydrogen (secondary N) is 2. The zero-order chi connectivity index (χ0) is 25.0. The van der Waals surface area contributed by atoms with Crippen LogP contribution in [0.3, 0.4) is 0 Å². The van der Waals surface area contributed by atoms with Crippen LogP contribution in [0, 0.1) is 17.1 Å². The van der Waals surface area contributed by atoms with Crippen molar-refractivity contribution >= 4 is 35.2 Å². The van der Waals surface area contributed by atoms with Gasteiger partial charge in [0.05, 0.1) is 22.9 Å². The summed E-state index contributed by atoms with van der Waals surface area (Å²) in [5.74, 6) is -1.72. The average Bonchev–Trinajstić information content (AvgIpc) is 2.87. The highest BCUT2D eigenvalue weighted by Crippen LogP contribution is 2.24. The summed E-state index contributed by atoms with van der Waals surface area (Å²) in [6.45, 7) is -0.127. The van der Waals surface area contributed by atoms with Gasteiger partial charge in [0, 0.05) is 17.1 Å². The molecule has 2 N–H and O–H groups in total. The number of anilines is 1. The quantitative estimate of drug-likeness (QED) is 0.329. The molecule has 0 radical (unpaired) electrons. The molecule has 3 rings (SSSR count). The zero-order valence-corrected chi connectivity index (χ0v) is 19.4. The van der Waals surface area contributed by atoms with Gasteiger partial charge in [0.1, 0.15) is 5.82 Å². The Balaban J connectivity index is 1.46. The Morgan fingerprint density at radius 2 is 1.74 bits per heavy atom. The normalized spacial score (nSPS) is 10.2. The Labute approximate surface area is 206 Å². The number of rotatable bonds is 10. The van der Waals surface area contributed by atoms with Crippen LogP contribution >= 0.6 is 11.8 Å². The van der Waals surface area contributed by atoms with Crippen LogP contribution in [0.5, 0.6) is 0 Å². The molecule has 0 fully saturated rings. The molecule has 0 aromatic heterocycles. The third-order valence-electron chi connectivity index (χ3n) is 4.72. The van der Waals surface area contributed by atoms with Crippen molar-refractivity contribution in [3.63, 3.8) is 0 Å². The highest BCUT2D eigenvalue weighted by molar-refractivity contribution is 8.00. The first-order valence-corrected chi connectivity index (χ1v) is 11.6. The monoisotopic (exact) mass is 491 g/mol. The molecule has 0 unspecified atom stereocenters. The first-order valence-electron chi connectivity index (χ1n) is 10.6. The third kappa shape index (κ3) is 8.28. The lowest BCUT2D eigenvalue weighted by atomic mass is 10.1. The molecule has 0 saturated heterocycles. The van der Waals surface area contributed by atoms with E-state index in [0.29, 0.717) is 29.1 Å². The van der Waals surface area contributed by atoms with Gasteiger partial charge in [0.25, 0.3) is 5.91 Å². The predicted molar refractivity (Wildman–Crippen MR) is 130 cm³/mol. The van der Waals surface area contributed by atoms with E-state index < -0.39 is 18.5 Å². The van der Waals surface area contributed by atoms with Crippen LogP contribution in [0.4, 0.5) is 10.1 Å². The standard InChI is InChI=1S/C26H22FN3O4S/c27-20-10-8-18(9-11-20)12-13-29-24(31)16-34-26(33)22-6-1-2-7-23(22)35-17-25(32)30-21-5-3-4-19(14-21)15-28/h1-11,14H,12-13,16-17H2,(H,29,31)(H,30,32). The van der Waals surface area contributed by atoms with Gasteiger partial charge in [-0.05, 0) is 54.4 Å². The number of nitriles is 1. The highest BCUT2D eigenvalue weighted by Gasteiger charge is 2.16. The van der Waals surface area contributed by atoms with Crippen LogP contribution in [0.1, 0.15) is 21.5 Å². The van der Waals surface area contributed by atoms with E-state index in [9.17, 15) is 18.8 Å². The van der Waals surface area contributed by atoms with Crippen molar-refractivity contribution in [2.24, 2.45) is 0 Å². The first kappa shape index (κ1) is 25.5. The van der Waals surface area contributed by atoms with E-state index in [1.807, 2.05) is 6.07 Å². The summed E-state index contributed by atoms with van der Waals surface area (Å²) in [6.07, 6.45) is 0.516. The molecule has 0 aliphatic heterocycles. The van der Waals surface area contributed by atoms with Crippen molar-refractivity contribution < 1.29 is 23.5 Å². The number of hydrogen-bond acceptors (Lipinski definition) is 6. The Morgan fingerprint density at radius 3 is 2.51 bits per heavy atom. The minimum absolute atomic E-state index is 0.0327.